The maximum absolute atomic E-state index is 13.2. The highest BCUT2D eigenvalue weighted by molar-refractivity contribution is 7.47. The lowest BCUT2D eigenvalue weighted by atomic mass is 9.99. The van der Waals surface area contributed by atoms with E-state index in [1.165, 1.54) is 295 Å². The average molecular weight is 1550 g/mol. The lowest BCUT2D eigenvalue weighted by molar-refractivity contribution is -0.161. The Kier molecular flexibility index (Phi) is 78.2. The van der Waals surface area contributed by atoms with Gasteiger partial charge in [0.15, 0.2) is 12.2 Å². The monoisotopic (exact) mass is 1550 g/mol. The Hall–Kier alpha value is -1.94. The molecule has 0 saturated carbocycles. The van der Waals surface area contributed by atoms with Crippen LogP contribution in [0.25, 0.3) is 0 Å². The van der Waals surface area contributed by atoms with Crippen LogP contribution in [0.2, 0.25) is 0 Å². The second-order valence-electron chi connectivity index (χ2n) is 31.5. The van der Waals surface area contributed by atoms with E-state index in [2.05, 4.69) is 34.6 Å². The van der Waals surface area contributed by atoms with Crippen LogP contribution in [0.1, 0.15) is 471 Å². The second-order valence-corrected chi connectivity index (χ2v) is 34.4. The lowest BCUT2D eigenvalue weighted by Crippen LogP contribution is -2.30. The smallest absolute Gasteiger partial charge is 0.462 e. The number of esters is 4. The molecule has 0 amide bonds. The van der Waals surface area contributed by atoms with Crippen molar-refractivity contribution in [2.75, 3.05) is 39.6 Å². The fourth-order valence-electron chi connectivity index (χ4n) is 13.6. The second kappa shape index (κ2) is 79.7. The summed E-state index contributed by atoms with van der Waals surface area (Å²) in [5.74, 6) is -1.30. The minimum Gasteiger partial charge on any atom is -0.462 e. The minimum atomic E-state index is -4.97. The molecule has 106 heavy (non-hydrogen) atoms. The first kappa shape index (κ1) is 104. The zero-order valence-corrected chi connectivity index (χ0v) is 71.4. The molecule has 0 aliphatic carbocycles. The van der Waals surface area contributed by atoms with E-state index in [0.717, 1.165) is 95.8 Å². The van der Waals surface area contributed by atoms with Crippen LogP contribution < -0.4 is 0 Å². The van der Waals surface area contributed by atoms with Crippen molar-refractivity contribution in [3.05, 3.63) is 0 Å². The molecular weight excluding hydrogens is 1380 g/mol. The van der Waals surface area contributed by atoms with Crippen LogP contribution in [0.3, 0.4) is 0 Å². The first-order valence-corrected chi connectivity index (χ1v) is 48.2. The van der Waals surface area contributed by atoms with E-state index in [1.54, 1.807) is 0 Å². The summed E-state index contributed by atoms with van der Waals surface area (Å²) in [5.41, 5.74) is 0. The molecule has 19 heteroatoms. The number of aliphatic hydroxyl groups is 1. The standard InChI is InChI=1S/C87H170O17P2/c1-6-10-13-16-19-22-25-27-29-31-33-35-37-39-41-43-46-52-57-62-67-72-86(91)103-82(77-98-85(90)71-66-61-56-51-45-42-40-38-36-34-32-30-28-26-23-20-17-14-11-7-2)78-101-105(93,94)99-74-81(88)75-100-106(95,96)102-79-83(76-97-84(89)70-65-60-55-50-44-24-21-18-15-12-8-3)104-87(92)73-68-63-58-53-48-47-49-54-59-64-69-80(5)9-4/h80-83,88H,6-79H2,1-5H3,(H,93,94)(H,95,96)/t80?,81-,82-,83-/m1/s1. The molecule has 17 nitrogen and oxygen atoms in total. The van der Waals surface area contributed by atoms with Gasteiger partial charge in [-0.1, -0.05) is 420 Å². The van der Waals surface area contributed by atoms with Gasteiger partial charge in [0, 0.05) is 25.7 Å². The third-order valence-electron chi connectivity index (χ3n) is 20.9. The molecule has 0 heterocycles. The molecule has 0 rings (SSSR count). The Morgan fingerprint density at radius 3 is 0.670 bits per heavy atom. The number of carbonyl (C=O) groups excluding carboxylic acids is 4. The molecule has 0 radical (unpaired) electrons. The van der Waals surface area contributed by atoms with Gasteiger partial charge in [-0.15, -0.1) is 0 Å². The molecule has 0 saturated heterocycles. The van der Waals surface area contributed by atoms with E-state index < -0.39 is 97.5 Å². The Balaban J connectivity index is 5.23. The molecule has 630 valence electrons. The summed E-state index contributed by atoms with van der Waals surface area (Å²) >= 11 is 0. The summed E-state index contributed by atoms with van der Waals surface area (Å²) in [7, 11) is -9.93. The summed E-state index contributed by atoms with van der Waals surface area (Å²) in [6, 6.07) is 0. The Morgan fingerprint density at radius 1 is 0.264 bits per heavy atom. The number of unbranched alkanes of at least 4 members (excludes halogenated alkanes) is 58. The fraction of sp³-hybridized carbons (Fsp3) is 0.954. The maximum Gasteiger partial charge on any atom is 0.472 e. The van der Waals surface area contributed by atoms with Gasteiger partial charge >= 0.3 is 39.5 Å². The number of hydrogen-bond donors (Lipinski definition) is 3. The van der Waals surface area contributed by atoms with E-state index in [-0.39, 0.29) is 25.7 Å². The zero-order chi connectivity index (χ0) is 77.6. The SMILES string of the molecule is CCCCCCCCCCCCCCCCCCCCCCCC(=O)O[C@H](COC(=O)CCCCCCCCCCCCCCCCCCCCCC)COP(=O)(O)OC[C@@H](O)COP(=O)(O)OC[C@@H](COC(=O)CCCCCCCCCCCCC)OC(=O)CCCCCCCCCCCCC(C)CC. The fourth-order valence-corrected chi connectivity index (χ4v) is 15.2. The van der Waals surface area contributed by atoms with Crippen LogP contribution in [0.4, 0.5) is 0 Å². The highest BCUT2D eigenvalue weighted by Gasteiger charge is 2.30. The van der Waals surface area contributed by atoms with E-state index in [1.807, 2.05) is 0 Å². The lowest BCUT2D eigenvalue weighted by Gasteiger charge is -2.21. The number of phosphoric ester groups is 2. The largest absolute Gasteiger partial charge is 0.472 e. The number of ether oxygens (including phenoxy) is 4. The molecule has 0 aromatic heterocycles. The molecule has 0 fully saturated rings. The van der Waals surface area contributed by atoms with Gasteiger partial charge in [0.2, 0.25) is 0 Å². The molecule has 0 aromatic carbocycles. The Bertz CT molecular complexity index is 2020. The van der Waals surface area contributed by atoms with Crippen molar-refractivity contribution in [1.82, 2.24) is 0 Å². The predicted molar refractivity (Wildman–Crippen MR) is 437 cm³/mol. The molecule has 0 spiro atoms. The van der Waals surface area contributed by atoms with E-state index in [4.69, 9.17) is 37.0 Å². The Labute approximate surface area is 651 Å². The van der Waals surface area contributed by atoms with Crippen molar-refractivity contribution >= 4 is 39.5 Å². The molecule has 0 aliphatic rings. The van der Waals surface area contributed by atoms with Crippen molar-refractivity contribution < 1.29 is 80.2 Å². The molecule has 3 unspecified atom stereocenters. The van der Waals surface area contributed by atoms with Crippen molar-refractivity contribution in [2.24, 2.45) is 5.92 Å². The van der Waals surface area contributed by atoms with E-state index >= 15 is 0 Å². The Morgan fingerprint density at radius 2 is 0.453 bits per heavy atom. The van der Waals surface area contributed by atoms with Crippen molar-refractivity contribution in [3.8, 4) is 0 Å². The van der Waals surface area contributed by atoms with Gasteiger partial charge in [-0.05, 0) is 31.6 Å². The number of hydrogen-bond acceptors (Lipinski definition) is 15. The third kappa shape index (κ3) is 78.7. The van der Waals surface area contributed by atoms with Crippen LogP contribution in [-0.4, -0.2) is 96.7 Å². The number of phosphoric acid groups is 2. The molecular formula is C87H170O17P2. The first-order valence-electron chi connectivity index (χ1n) is 45.2. The quantitative estimate of drug-likeness (QED) is 0.0222. The number of aliphatic hydroxyl groups excluding tert-OH is 1. The van der Waals surface area contributed by atoms with Gasteiger partial charge in [0.05, 0.1) is 26.4 Å². The summed E-state index contributed by atoms with van der Waals surface area (Å²) in [4.78, 5) is 73.2. The highest BCUT2D eigenvalue weighted by atomic mass is 31.2. The predicted octanol–water partition coefficient (Wildman–Crippen LogP) is 26.8. The number of carbonyl (C=O) groups is 4. The maximum atomic E-state index is 13.2. The van der Waals surface area contributed by atoms with Gasteiger partial charge in [-0.25, -0.2) is 9.13 Å². The van der Waals surface area contributed by atoms with Gasteiger partial charge in [-0.3, -0.25) is 37.3 Å². The molecule has 0 aliphatic heterocycles. The van der Waals surface area contributed by atoms with Crippen molar-refractivity contribution in [1.29, 1.82) is 0 Å². The van der Waals surface area contributed by atoms with Gasteiger partial charge in [-0.2, -0.15) is 0 Å². The molecule has 6 atom stereocenters. The third-order valence-corrected chi connectivity index (χ3v) is 22.8. The number of rotatable bonds is 87. The first-order chi connectivity index (χ1) is 51.6. The normalized spacial score (nSPS) is 14.0. The van der Waals surface area contributed by atoms with Crippen LogP contribution >= 0.6 is 15.6 Å². The molecule has 0 bridgehead atoms. The van der Waals surface area contributed by atoms with Crippen molar-refractivity contribution in [2.45, 2.75) is 490 Å². The highest BCUT2D eigenvalue weighted by Crippen LogP contribution is 2.45. The van der Waals surface area contributed by atoms with Gasteiger partial charge in [0.25, 0.3) is 0 Å². The van der Waals surface area contributed by atoms with E-state index in [9.17, 15) is 43.2 Å². The topological polar surface area (TPSA) is 237 Å². The summed E-state index contributed by atoms with van der Waals surface area (Å²) in [6.07, 6.45) is 73.6. The zero-order valence-electron chi connectivity index (χ0n) is 69.6. The van der Waals surface area contributed by atoms with Crippen molar-refractivity contribution in [3.63, 3.8) is 0 Å². The average Bonchev–Trinajstić information content (AvgIpc) is 0.901. The van der Waals surface area contributed by atoms with Gasteiger partial charge in [0.1, 0.15) is 19.3 Å². The van der Waals surface area contributed by atoms with E-state index in [0.29, 0.717) is 25.7 Å². The molecule has 3 N–H and O–H groups in total. The van der Waals surface area contributed by atoms with Crippen LogP contribution in [0.5, 0.6) is 0 Å². The minimum absolute atomic E-state index is 0.107. The summed E-state index contributed by atoms with van der Waals surface area (Å²) in [6.45, 7) is 7.39. The van der Waals surface area contributed by atoms with Crippen LogP contribution in [0, 0.1) is 5.92 Å². The summed E-state index contributed by atoms with van der Waals surface area (Å²) < 4.78 is 68.9. The summed E-state index contributed by atoms with van der Waals surface area (Å²) in [5, 5.41) is 10.7. The van der Waals surface area contributed by atoms with Crippen LogP contribution in [0.15, 0.2) is 0 Å². The molecule has 0 aromatic rings. The van der Waals surface area contributed by atoms with Gasteiger partial charge < -0.3 is 33.8 Å². The van der Waals surface area contributed by atoms with Crippen LogP contribution in [-0.2, 0) is 65.4 Å².